The number of carbonyl (C=O) groups is 2. The molecule has 0 aliphatic rings. The molecule has 1 atom stereocenters. The number of nitrogens with one attached hydrogen (secondary N) is 1. The number of carboxylic acids is 1. The molecular formula is C14H22N2O4. The Hall–Kier alpha value is -1.98. The van der Waals surface area contributed by atoms with Gasteiger partial charge in [0.2, 0.25) is 0 Å². The largest absolute Gasteiger partial charge is 0.481 e. The zero-order valence-corrected chi connectivity index (χ0v) is 12.0. The third-order valence-corrected chi connectivity index (χ3v) is 3.04. The van der Waals surface area contributed by atoms with Crippen molar-refractivity contribution in [3.63, 3.8) is 0 Å². The van der Waals surface area contributed by atoms with Crippen molar-refractivity contribution in [2.24, 2.45) is 0 Å². The first-order chi connectivity index (χ1) is 9.52. The van der Waals surface area contributed by atoms with Crippen molar-refractivity contribution in [3.05, 3.63) is 24.2 Å². The summed E-state index contributed by atoms with van der Waals surface area (Å²) in [5, 5.41) is 11.5. The van der Waals surface area contributed by atoms with Crippen molar-refractivity contribution < 1.29 is 19.1 Å². The van der Waals surface area contributed by atoms with E-state index in [1.807, 2.05) is 26.0 Å². The van der Waals surface area contributed by atoms with Crippen molar-refractivity contribution in [2.75, 3.05) is 13.1 Å². The molecule has 1 heterocycles. The number of carbonyl (C=O) groups excluding carboxylic acids is 1. The Morgan fingerprint density at radius 1 is 1.50 bits per heavy atom. The molecule has 2 amide bonds. The Balaban J connectivity index is 2.32. The fraction of sp³-hybridized carbons (Fsp3) is 0.571. The first-order valence-corrected chi connectivity index (χ1v) is 6.82. The molecule has 0 fully saturated rings. The molecule has 2 N–H and O–H groups in total. The van der Waals surface area contributed by atoms with Gasteiger partial charge in [0.1, 0.15) is 5.76 Å². The van der Waals surface area contributed by atoms with Gasteiger partial charge in [-0.15, -0.1) is 0 Å². The second-order valence-corrected chi connectivity index (χ2v) is 4.69. The van der Waals surface area contributed by atoms with E-state index in [4.69, 9.17) is 9.52 Å². The topological polar surface area (TPSA) is 82.8 Å². The Morgan fingerprint density at radius 2 is 2.25 bits per heavy atom. The maximum absolute atomic E-state index is 12.0. The van der Waals surface area contributed by atoms with Gasteiger partial charge in [-0.2, -0.15) is 0 Å². The standard InChI is InChI=1S/C14H22N2O4/c1-3-16(9-8-13(17)18)14(19)15-11(2)6-7-12-5-4-10-20-12/h4-5,10-11H,3,6-9H2,1-2H3,(H,15,19)(H,17,18). The maximum atomic E-state index is 12.0. The van der Waals surface area contributed by atoms with Crippen molar-refractivity contribution in [3.8, 4) is 0 Å². The zero-order chi connectivity index (χ0) is 15.0. The SMILES string of the molecule is CCN(CCC(=O)O)C(=O)NC(C)CCc1ccco1. The summed E-state index contributed by atoms with van der Waals surface area (Å²) in [6.07, 6.45) is 3.12. The fourth-order valence-corrected chi connectivity index (χ4v) is 1.82. The highest BCUT2D eigenvalue weighted by Crippen LogP contribution is 2.06. The van der Waals surface area contributed by atoms with Crippen LogP contribution in [0.5, 0.6) is 0 Å². The minimum absolute atomic E-state index is 0.00600. The van der Waals surface area contributed by atoms with E-state index in [0.717, 1.165) is 18.6 Å². The van der Waals surface area contributed by atoms with Gasteiger partial charge in [-0.25, -0.2) is 4.79 Å². The van der Waals surface area contributed by atoms with E-state index in [9.17, 15) is 9.59 Å². The molecule has 6 heteroatoms. The minimum atomic E-state index is -0.901. The Bertz CT molecular complexity index is 417. The van der Waals surface area contributed by atoms with E-state index < -0.39 is 5.97 Å². The highest BCUT2D eigenvalue weighted by Gasteiger charge is 2.15. The van der Waals surface area contributed by atoms with E-state index in [2.05, 4.69) is 5.32 Å². The quantitative estimate of drug-likeness (QED) is 0.765. The summed E-state index contributed by atoms with van der Waals surface area (Å²) >= 11 is 0. The van der Waals surface area contributed by atoms with Crippen LogP contribution in [0.2, 0.25) is 0 Å². The predicted octanol–water partition coefficient (Wildman–Crippen LogP) is 2.11. The molecule has 0 radical (unpaired) electrons. The van der Waals surface area contributed by atoms with Crippen molar-refractivity contribution in [2.45, 2.75) is 39.2 Å². The number of rotatable bonds is 8. The van der Waals surface area contributed by atoms with Crippen LogP contribution < -0.4 is 5.32 Å². The smallest absolute Gasteiger partial charge is 0.317 e. The van der Waals surface area contributed by atoms with Gasteiger partial charge < -0.3 is 19.7 Å². The van der Waals surface area contributed by atoms with Gasteiger partial charge in [-0.3, -0.25) is 4.79 Å². The number of hydrogen-bond acceptors (Lipinski definition) is 3. The average molecular weight is 282 g/mol. The van der Waals surface area contributed by atoms with Crippen LogP contribution in [0.4, 0.5) is 4.79 Å². The lowest BCUT2D eigenvalue weighted by molar-refractivity contribution is -0.137. The molecule has 20 heavy (non-hydrogen) atoms. The van der Waals surface area contributed by atoms with Crippen molar-refractivity contribution >= 4 is 12.0 Å². The summed E-state index contributed by atoms with van der Waals surface area (Å²) in [7, 11) is 0. The third-order valence-electron chi connectivity index (χ3n) is 3.04. The summed E-state index contributed by atoms with van der Waals surface area (Å²) in [6.45, 7) is 4.47. The molecule has 0 saturated heterocycles. The maximum Gasteiger partial charge on any atom is 0.317 e. The normalized spacial score (nSPS) is 11.9. The van der Waals surface area contributed by atoms with Crippen molar-refractivity contribution in [1.82, 2.24) is 10.2 Å². The second-order valence-electron chi connectivity index (χ2n) is 4.69. The van der Waals surface area contributed by atoms with Gasteiger partial charge >= 0.3 is 12.0 Å². The van der Waals surface area contributed by atoms with E-state index in [-0.39, 0.29) is 25.0 Å². The second kappa shape index (κ2) is 8.24. The van der Waals surface area contributed by atoms with Gasteiger partial charge in [-0.1, -0.05) is 0 Å². The molecule has 1 rings (SSSR count). The number of aryl methyl sites for hydroxylation is 1. The van der Waals surface area contributed by atoms with Crippen LogP contribution in [0, 0.1) is 0 Å². The lowest BCUT2D eigenvalue weighted by atomic mass is 10.1. The summed E-state index contributed by atoms with van der Waals surface area (Å²) in [6, 6.07) is 3.52. The molecule has 0 spiro atoms. The van der Waals surface area contributed by atoms with Gasteiger partial charge in [-0.05, 0) is 32.4 Å². The number of amides is 2. The summed E-state index contributed by atoms with van der Waals surface area (Å²) in [5.41, 5.74) is 0. The number of carboxylic acid groups (broad SMARTS) is 1. The fourth-order valence-electron chi connectivity index (χ4n) is 1.82. The molecule has 6 nitrogen and oxygen atoms in total. The van der Waals surface area contributed by atoms with E-state index >= 15 is 0 Å². The third kappa shape index (κ3) is 5.77. The van der Waals surface area contributed by atoms with Gasteiger partial charge in [0.25, 0.3) is 0 Å². The monoisotopic (exact) mass is 282 g/mol. The van der Waals surface area contributed by atoms with Crippen LogP contribution in [0.3, 0.4) is 0 Å². The lowest BCUT2D eigenvalue weighted by Crippen LogP contribution is -2.44. The van der Waals surface area contributed by atoms with E-state index in [1.165, 1.54) is 4.90 Å². The molecule has 0 aliphatic carbocycles. The molecular weight excluding hydrogens is 260 g/mol. The number of furan rings is 1. The molecule has 0 aliphatic heterocycles. The molecule has 1 aromatic heterocycles. The van der Waals surface area contributed by atoms with Crippen molar-refractivity contribution in [1.29, 1.82) is 0 Å². The van der Waals surface area contributed by atoms with E-state index in [1.54, 1.807) is 6.26 Å². The molecule has 112 valence electrons. The molecule has 1 unspecified atom stereocenters. The number of aliphatic carboxylic acids is 1. The van der Waals surface area contributed by atoms with Gasteiger partial charge in [0, 0.05) is 25.6 Å². The first-order valence-electron chi connectivity index (χ1n) is 6.82. The average Bonchev–Trinajstić information content (AvgIpc) is 2.89. The molecule has 0 saturated carbocycles. The van der Waals surface area contributed by atoms with Gasteiger partial charge in [0.15, 0.2) is 0 Å². The molecule has 0 aromatic carbocycles. The Morgan fingerprint density at radius 3 is 2.80 bits per heavy atom. The number of hydrogen-bond donors (Lipinski definition) is 2. The van der Waals surface area contributed by atoms with E-state index in [0.29, 0.717) is 6.54 Å². The number of nitrogens with zero attached hydrogens (tertiary/aromatic N) is 1. The van der Waals surface area contributed by atoms with Crippen LogP contribution >= 0.6 is 0 Å². The first kappa shape index (κ1) is 16.1. The highest BCUT2D eigenvalue weighted by atomic mass is 16.4. The van der Waals surface area contributed by atoms with Crippen LogP contribution in [-0.2, 0) is 11.2 Å². The summed E-state index contributed by atoms with van der Waals surface area (Å²) in [5.74, 6) is -0.00792. The Kier molecular flexibility index (Phi) is 6.63. The van der Waals surface area contributed by atoms with Gasteiger partial charge in [0.05, 0.1) is 12.7 Å². The van der Waals surface area contributed by atoms with Crippen LogP contribution in [-0.4, -0.2) is 41.1 Å². The van der Waals surface area contributed by atoms with Crippen LogP contribution in [0.1, 0.15) is 32.4 Å². The predicted molar refractivity (Wildman–Crippen MR) is 74.5 cm³/mol. The lowest BCUT2D eigenvalue weighted by Gasteiger charge is -2.23. The summed E-state index contributed by atoms with van der Waals surface area (Å²) in [4.78, 5) is 24.0. The molecule has 0 bridgehead atoms. The van der Waals surface area contributed by atoms with Crippen LogP contribution in [0.25, 0.3) is 0 Å². The highest BCUT2D eigenvalue weighted by molar-refractivity contribution is 5.75. The minimum Gasteiger partial charge on any atom is -0.481 e. The zero-order valence-electron chi connectivity index (χ0n) is 12.0. The summed E-state index contributed by atoms with van der Waals surface area (Å²) < 4.78 is 5.23. The molecule has 1 aromatic rings. The van der Waals surface area contributed by atoms with Crippen LogP contribution in [0.15, 0.2) is 22.8 Å². The number of urea groups is 1. The Labute approximate surface area is 118 Å².